The molecule has 0 amide bonds. The van der Waals surface area contributed by atoms with Gasteiger partial charge in [-0.25, -0.2) is 9.37 Å². The Hall–Kier alpha value is -0.820. The van der Waals surface area contributed by atoms with Crippen molar-refractivity contribution in [3.05, 3.63) is 50.1 Å². The van der Waals surface area contributed by atoms with E-state index in [1.54, 1.807) is 17.4 Å². The van der Waals surface area contributed by atoms with Gasteiger partial charge in [-0.05, 0) is 40.9 Å². The molecule has 1 heterocycles. The largest absolute Gasteiger partial charge is 0.271 e. The van der Waals surface area contributed by atoms with Crippen molar-refractivity contribution in [2.24, 2.45) is 5.84 Å². The first kappa shape index (κ1) is 13.6. The summed E-state index contributed by atoms with van der Waals surface area (Å²) in [6, 6.07) is 4.87. The van der Waals surface area contributed by atoms with Gasteiger partial charge < -0.3 is 0 Å². The second kappa shape index (κ2) is 5.88. The molecule has 0 spiro atoms. The Morgan fingerprint density at radius 2 is 2.33 bits per heavy atom. The number of aryl methyl sites for hydroxylation is 1. The monoisotopic (exact) mass is 329 g/mol. The van der Waals surface area contributed by atoms with Gasteiger partial charge in [0, 0.05) is 5.38 Å². The van der Waals surface area contributed by atoms with E-state index in [4.69, 9.17) is 5.84 Å². The number of hydrogen-bond acceptors (Lipinski definition) is 4. The molecule has 3 N–H and O–H groups in total. The van der Waals surface area contributed by atoms with E-state index in [0.717, 1.165) is 16.3 Å². The summed E-state index contributed by atoms with van der Waals surface area (Å²) in [5, 5.41) is 2.95. The molecule has 18 heavy (non-hydrogen) atoms. The lowest BCUT2D eigenvalue weighted by atomic mass is 10.0. The summed E-state index contributed by atoms with van der Waals surface area (Å²) in [6.07, 6.45) is 0.581. The number of nitrogens with two attached hydrogens (primary N) is 1. The van der Waals surface area contributed by atoms with Gasteiger partial charge in [0.25, 0.3) is 0 Å². The van der Waals surface area contributed by atoms with Crippen molar-refractivity contribution in [1.29, 1.82) is 0 Å². The normalized spacial score (nSPS) is 12.7. The van der Waals surface area contributed by atoms with Crippen LogP contribution in [0.2, 0.25) is 0 Å². The topological polar surface area (TPSA) is 50.9 Å². The molecule has 1 aromatic heterocycles. The maximum atomic E-state index is 13.4. The molecule has 1 aromatic carbocycles. The van der Waals surface area contributed by atoms with E-state index in [-0.39, 0.29) is 11.9 Å². The lowest BCUT2D eigenvalue weighted by Crippen LogP contribution is -2.30. The lowest BCUT2D eigenvalue weighted by Gasteiger charge is -2.14. The maximum Gasteiger partial charge on any atom is 0.137 e. The van der Waals surface area contributed by atoms with E-state index >= 15 is 0 Å². The van der Waals surface area contributed by atoms with Crippen LogP contribution in [0.1, 0.15) is 22.3 Å². The molecule has 96 valence electrons. The molecule has 1 unspecified atom stereocenters. The minimum atomic E-state index is -0.266. The van der Waals surface area contributed by atoms with Crippen molar-refractivity contribution in [1.82, 2.24) is 10.4 Å². The van der Waals surface area contributed by atoms with Crippen molar-refractivity contribution >= 4 is 27.3 Å². The van der Waals surface area contributed by atoms with Crippen LogP contribution in [0.3, 0.4) is 0 Å². The number of thiazole rings is 1. The predicted octanol–water partition coefficient (Wildman–Crippen LogP) is 3.10. The minimum Gasteiger partial charge on any atom is -0.271 e. The van der Waals surface area contributed by atoms with Crippen LogP contribution in [0, 0.1) is 12.7 Å². The molecule has 3 nitrogen and oxygen atoms in total. The molecule has 0 fully saturated rings. The Morgan fingerprint density at radius 1 is 1.56 bits per heavy atom. The molecule has 2 aromatic rings. The van der Waals surface area contributed by atoms with Crippen molar-refractivity contribution in [2.75, 3.05) is 0 Å². The third kappa shape index (κ3) is 2.95. The van der Waals surface area contributed by atoms with Crippen LogP contribution in [0.25, 0.3) is 0 Å². The Labute approximate surface area is 117 Å². The zero-order valence-electron chi connectivity index (χ0n) is 9.78. The second-order valence-electron chi connectivity index (χ2n) is 3.93. The quantitative estimate of drug-likeness (QED) is 0.669. The molecule has 0 aliphatic heterocycles. The Kier molecular flexibility index (Phi) is 4.45. The average Bonchev–Trinajstić information content (AvgIpc) is 2.78. The van der Waals surface area contributed by atoms with Crippen LogP contribution in [0.15, 0.2) is 28.1 Å². The summed E-state index contributed by atoms with van der Waals surface area (Å²) in [5.41, 5.74) is 4.48. The molecule has 0 saturated heterocycles. The van der Waals surface area contributed by atoms with Crippen molar-refractivity contribution in [3.63, 3.8) is 0 Å². The summed E-state index contributed by atoms with van der Waals surface area (Å²) in [4.78, 5) is 4.40. The Balaban J connectivity index is 2.23. The van der Waals surface area contributed by atoms with Crippen molar-refractivity contribution < 1.29 is 4.39 Å². The second-order valence-corrected chi connectivity index (χ2v) is 5.78. The fourth-order valence-electron chi connectivity index (χ4n) is 1.72. The van der Waals surface area contributed by atoms with Gasteiger partial charge in [-0.2, -0.15) is 0 Å². The summed E-state index contributed by atoms with van der Waals surface area (Å²) in [6.45, 7) is 1.94. The fraction of sp³-hybridized carbons (Fsp3) is 0.250. The number of halogens is 2. The van der Waals surface area contributed by atoms with E-state index in [1.807, 2.05) is 18.4 Å². The van der Waals surface area contributed by atoms with Crippen molar-refractivity contribution in [3.8, 4) is 0 Å². The summed E-state index contributed by atoms with van der Waals surface area (Å²) in [5.74, 6) is 5.29. The van der Waals surface area contributed by atoms with Gasteiger partial charge in [0.05, 0.1) is 21.2 Å². The summed E-state index contributed by atoms with van der Waals surface area (Å²) < 4.78 is 13.9. The van der Waals surface area contributed by atoms with E-state index in [9.17, 15) is 4.39 Å². The van der Waals surface area contributed by atoms with E-state index < -0.39 is 0 Å². The van der Waals surface area contributed by atoms with Crippen LogP contribution >= 0.6 is 27.3 Å². The van der Waals surface area contributed by atoms with Gasteiger partial charge in [0.1, 0.15) is 5.82 Å². The van der Waals surface area contributed by atoms with Crippen LogP contribution in [-0.4, -0.2) is 4.98 Å². The molecule has 2 rings (SSSR count). The van der Waals surface area contributed by atoms with Gasteiger partial charge in [-0.1, -0.05) is 12.1 Å². The summed E-state index contributed by atoms with van der Waals surface area (Å²) >= 11 is 4.83. The van der Waals surface area contributed by atoms with Crippen LogP contribution in [-0.2, 0) is 6.42 Å². The number of hydrazine groups is 1. The molecule has 0 aliphatic carbocycles. The SMILES string of the molecule is Cc1nc(C(Cc2cccc(F)c2Br)NN)cs1. The first-order chi connectivity index (χ1) is 8.61. The van der Waals surface area contributed by atoms with Gasteiger partial charge in [-0.3, -0.25) is 11.3 Å². The molecule has 0 saturated carbocycles. The molecule has 6 heteroatoms. The molecular weight excluding hydrogens is 317 g/mol. The number of aromatic nitrogens is 1. The standard InChI is InChI=1S/C12H13BrFN3S/c1-7-16-11(6-18-7)10(17-15)5-8-3-2-4-9(14)12(8)13/h2-4,6,10,17H,5,15H2,1H3. The number of nitrogens with one attached hydrogen (secondary N) is 1. The van der Waals surface area contributed by atoms with Crippen LogP contribution < -0.4 is 11.3 Å². The first-order valence-corrected chi connectivity index (χ1v) is 7.10. The molecule has 0 bridgehead atoms. The summed E-state index contributed by atoms with van der Waals surface area (Å²) in [7, 11) is 0. The molecule has 1 atom stereocenters. The van der Waals surface area contributed by atoms with Gasteiger partial charge in [-0.15, -0.1) is 11.3 Å². The number of rotatable bonds is 4. The molecule has 0 radical (unpaired) electrons. The highest BCUT2D eigenvalue weighted by atomic mass is 79.9. The lowest BCUT2D eigenvalue weighted by molar-refractivity contribution is 0.535. The molecular formula is C12H13BrFN3S. The smallest absolute Gasteiger partial charge is 0.137 e. The minimum absolute atomic E-state index is 0.118. The number of hydrogen-bond donors (Lipinski definition) is 2. The third-order valence-electron chi connectivity index (χ3n) is 2.65. The van der Waals surface area contributed by atoms with Crippen molar-refractivity contribution in [2.45, 2.75) is 19.4 Å². The maximum absolute atomic E-state index is 13.4. The fourth-order valence-corrected chi connectivity index (χ4v) is 2.81. The zero-order valence-corrected chi connectivity index (χ0v) is 12.2. The third-order valence-corrected chi connectivity index (χ3v) is 4.33. The number of nitrogens with zero attached hydrogens (tertiary/aromatic N) is 1. The zero-order chi connectivity index (χ0) is 13.1. The Bertz CT molecular complexity index is 544. The van der Waals surface area contributed by atoms with Gasteiger partial charge in [0.15, 0.2) is 0 Å². The highest BCUT2D eigenvalue weighted by Crippen LogP contribution is 2.26. The van der Waals surface area contributed by atoms with E-state index in [1.165, 1.54) is 6.07 Å². The van der Waals surface area contributed by atoms with Gasteiger partial charge in [0.2, 0.25) is 0 Å². The predicted molar refractivity (Wildman–Crippen MR) is 74.7 cm³/mol. The first-order valence-electron chi connectivity index (χ1n) is 5.43. The van der Waals surface area contributed by atoms with E-state index in [2.05, 4.69) is 26.3 Å². The Morgan fingerprint density at radius 3 is 2.94 bits per heavy atom. The molecule has 0 aliphatic rings. The average molecular weight is 330 g/mol. The van der Waals surface area contributed by atoms with Crippen LogP contribution in [0.5, 0.6) is 0 Å². The highest BCUT2D eigenvalue weighted by Gasteiger charge is 2.16. The van der Waals surface area contributed by atoms with Crippen LogP contribution in [0.4, 0.5) is 4.39 Å². The van der Waals surface area contributed by atoms with E-state index in [0.29, 0.717) is 10.9 Å². The number of benzene rings is 1. The highest BCUT2D eigenvalue weighted by molar-refractivity contribution is 9.10. The van der Waals surface area contributed by atoms with Gasteiger partial charge >= 0.3 is 0 Å².